The van der Waals surface area contributed by atoms with Crippen molar-refractivity contribution < 1.29 is 14.7 Å². The van der Waals surface area contributed by atoms with Crippen LogP contribution in [-0.2, 0) is 16.1 Å². The monoisotopic (exact) mass is 299 g/mol. The third-order valence-corrected chi connectivity index (χ3v) is 5.32. The summed E-state index contributed by atoms with van der Waals surface area (Å²) in [6.45, 7) is 0.581. The highest BCUT2D eigenvalue weighted by molar-refractivity contribution is 7.99. The molecule has 1 aromatic heterocycles. The summed E-state index contributed by atoms with van der Waals surface area (Å²) in [5.41, 5.74) is -0.0372. The lowest BCUT2D eigenvalue weighted by Gasteiger charge is -2.11. The summed E-state index contributed by atoms with van der Waals surface area (Å²) in [6, 6.07) is 3.95. The van der Waals surface area contributed by atoms with Crippen molar-refractivity contribution in [2.75, 3.05) is 11.5 Å². The predicted octanol–water partition coefficient (Wildman–Crippen LogP) is 2.35. The lowest BCUT2D eigenvalue weighted by molar-refractivity contribution is -0.138. The zero-order valence-corrected chi connectivity index (χ0v) is 12.2. The first-order valence-corrected chi connectivity index (χ1v) is 8.22. The van der Waals surface area contributed by atoms with Gasteiger partial charge in [0.1, 0.15) is 0 Å². The van der Waals surface area contributed by atoms with Crippen molar-refractivity contribution in [3.8, 4) is 0 Å². The fourth-order valence-electron chi connectivity index (χ4n) is 1.88. The number of hydrogen-bond donors (Lipinski definition) is 2. The topological polar surface area (TPSA) is 66.4 Å². The number of hydrogen-bond acceptors (Lipinski definition) is 4. The van der Waals surface area contributed by atoms with Gasteiger partial charge in [0.25, 0.3) is 0 Å². The van der Waals surface area contributed by atoms with E-state index in [9.17, 15) is 9.59 Å². The van der Waals surface area contributed by atoms with Crippen molar-refractivity contribution in [1.29, 1.82) is 0 Å². The molecule has 1 aliphatic rings. The number of carbonyl (C=O) groups excluding carboxylic acids is 1. The van der Waals surface area contributed by atoms with Gasteiger partial charge in [-0.15, -0.1) is 11.3 Å². The van der Waals surface area contributed by atoms with Crippen LogP contribution in [0.3, 0.4) is 0 Å². The molecule has 2 N–H and O–H groups in total. The van der Waals surface area contributed by atoms with Gasteiger partial charge in [0.15, 0.2) is 0 Å². The van der Waals surface area contributed by atoms with Gasteiger partial charge in [0.2, 0.25) is 5.91 Å². The Morgan fingerprint density at radius 1 is 1.47 bits per heavy atom. The quantitative estimate of drug-likeness (QED) is 0.773. The molecule has 0 bridgehead atoms. The normalized spacial score (nSPS) is 16.0. The molecule has 0 aromatic carbocycles. The van der Waals surface area contributed by atoms with Crippen LogP contribution in [0.5, 0.6) is 0 Å². The van der Waals surface area contributed by atoms with Crippen LogP contribution in [0.1, 0.15) is 24.1 Å². The van der Waals surface area contributed by atoms with Crippen LogP contribution in [0.2, 0.25) is 0 Å². The van der Waals surface area contributed by atoms with Gasteiger partial charge in [-0.1, -0.05) is 6.07 Å². The van der Waals surface area contributed by atoms with Gasteiger partial charge in [-0.25, -0.2) is 0 Å². The smallest absolute Gasteiger partial charge is 0.303 e. The van der Waals surface area contributed by atoms with Crippen molar-refractivity contribution in [2.24, 2.45) is 5.41 Å². The Labute approximate surface area is 120 Å². The molecule has 2 rings (SSSR count). The maximum absolute atomic E-state index is 11.6. The Morgan fingerprint density at radius 3 is 2.84 bits per heavy atom. The number of amides is 1. The van der Waals surface area contributed by atoms with Crippen LogP contribution in [-0.4, -0.2) is 28.5 Å². The zero-order valence-electron chi connectivity index (χ0n) is 10.6. The molecular formula is C13H17NO3S2. The number of nitrogens with one attached hydrogen (secondary N) is 1. The maximum atomic E-state index is 11.6. The van der Waals surface area contributed by atoms with Crippen LogP contribution >= 0.6 is 23.1 Å². The number of carboxylic acids is 1. The molecule has 0 saturated heterocycles. The molecule has 0 spiro atoms. The van der Waals surface area contributed by atoms with Gasteiger partial charge in [0.05, 0.1) is 18.7 Å². The number of thioether (sulfide) groups is 1. The molecule has 1 aliphatic carbocycles. The van der Waals surface area contributed by atoms with Crippen LogP contribution < -0.4 is 5.32 Å². The molecule has 0 radical (unpaired) electrons. The van der Waals surface area contributed by atoms with Gasteiger partial charge in [-0.2, -0.15) is 11.8 Å². The van der Waals surface area contributed by atoms with E-state index >= 15 is 0 Å². The molecule has 1 amide bonds. The third kappa shape index (κ3) is 4.87. The molecular weight excluding hydrogens is 282 g/mol. The van der Waals surface area contributed by atoms with Crippen molar-refractivity contribution in [3.05, 3.63) is 22.4 Å². The fraction of sp³-hybridized carbons (Fsp3) is 0.538. The number of carbonyl (C=O) groups is 2. The van der Waals surface area contributed by atoms with E-state index in [1.807, 2.05) is 17.5 Å². The van der Waals surface area contributed by atoms with E-state index in [2.05, 4.69) is 5.32 Å². The Morgan fingerprint density at radius 2 is 2.26 bits per heavy atom. The van der Waals surface area contributed by atoms with Gasteiger partial charge >= 0.3 is 5.97 Å². The molecule has 6 heteroatoms. The summed E-state index contributed by atoms with van der Waals surface area (Å²) in [5.74, 6) is 0.461. The highest BCUT2D eigenvalue weighted by Gasteiger charge is 2.44. The number of rotatable bonds is 8. The molecule has 4 nitrogen and oxygen atoms in total. The lowest BCUT2D eigenvalue weighted by Crippen LogP contribution is -2.25. The molecule has 0 aliphatic heterocycles. The van der Waals surface area contributed by atoms with E-state index in [0.29, 0.717) is 12.3 Å². The Balaban J connectivity index is 1.60. The lowest BCUT2D eigenvalue weighted by atomic mass is 10.1. The summed E-state index contributed by atoms with van der Waals surface area (Å²) in [5, 5.41) is 13.7. The van der Waals surface area contributed by atoms with E-state index in [0.717, 1.165) is 23.5 Å². The zero-order chi connectivity index (χ0) is 13.7. The summed E-state index contributed by atoms with van der Waals surface area (Å²) < 4.78 is 0. The first kappa shape index (κ1) is 14.4. The summed E-state index contributed by atoms with van der Waals surface area (Å²) in [6.07, 6.45) is 2.18. The number of aliphatic carboxylic acids is 1. The van der Waals surface area contributed by atoms with Gasteiger partial charge in [-0.3, -0.25) is 9.59 Å². The van der Waals surface area contributed by atoms with Gasteiger partial charge < -0.3 is 10.4 Å². The standard InChI is InChI=1S/C13H17NO3S2/c15-11(14-7-10-2-1-5-19-10)8-18-9-13(3-4-13)6-12(16)17/h1-2,5H,3-4,6-9H2,(H,14,15)(H,16,17). The van der Waals surface area contributed by atoms with E-state index in [1.54, 1.807) is 11.3 Å². The molecule has 0 unspecified atom stereocenters. The van der Waals surface area contributed by atoms with Crippen molar-refractivity contribution in [3.63, 3.8) is 0 Å². The van der Waals surface area contributed by atoms with Crippen LogP contribution in [0, 0.1) is 5.41 Å². The second kappa shape index (κ2) is 6.43. The highest BCUT2D eigenvalue weighted by Crippen LogP contribution is 2.50. The maximum Gasteiger partial charge on any atom is 0.303 e. The second-order valence-electron chi connectivity index (χ2n) is 4.92. The Kier molecular flexibility index (Phi) is 4.87. The molecule has 1 aromatic rings. The highest BCUT2D eigenvalue weighted by atomic mass is 32.2. The summed E-state index contributed by atoms with van der Waals surface area (Å²) in [7, 11) is 0. The van der Waals surface area contributed by atoms with Crippen LogP contribution in [0.25, 0.3) is 0 Å². The average Bonchev–Trinajstić information content (AvgIpc) is 2.91. The van der Waals surface area contributed by atoms with Crippen molar-refractivity contribution in [1.82, 2.24) is 5.32 Å². The largest absolute Gasteiger partial charge is 0.481 e. The van der Waals surface area contributed by atoms with E-state index in [-0.39, 0.29) is 17.7 Å². The second-order valence-corrected chi connectivity index (χ2v) is 6.94. The van der Waals surface area contributed by atoms with E-state index < -0.39 is 5.97 Å². The molecule has 0 atom stereocenters. The minimum Gasteiger partial charge on any atom is -0.481 e. The number of thiophene rings is 1. The van der Waals surface area contributed by atoms with Gasteiger partial charge in [-0.05, 0) is 35.5 Å². The molecule has 104 valence electrons. The molecule has 1 fully saturated rings. The SMILES string of the molecule is O=C(O)CC1(CSCC(=O)NCc2cccs2)CC1. The first-order valence-electron chi connectivity index (χ1n) is 6.18. The fourth-order valence-corrected chi connectivity index (χ4v) is 3.74. The van der Waals surface area contributed by atoms with Crippen LogP contribution in [0.4, 0.5) is 0 Å². The third-order valence-electron chi connectivity index (χ3n) is 3.16. The number of carboxylic acid groups (broad SMARTS) is 1. The molecule has 1 saturated carbocycles. The van der Waals surface area contributed by atoms with E-state index in [4.69, 9.17) is 5.11 Å². The van der Waals surface area contributed by atoms with Crippen molar-refractivity contribution in [2.45, 2.75) is 25.8 Å². The minimum atomic E-state index is -0.736. The average molecular weight is 299 g/mol. The summed E-state index contributed by atoms with van der Waals surface area (Å²) in [4.78, 5) is 23.5. The van der Waals surface area contributed by atoms with Crippen LogP contribution in [0.15, 0.2) is 17.5 Å². The Bertz CT molecular complexity index is 441. The minimum absolute atomic E-state index is 0.0181. The molecule has 1 heterocycles. The molecule has 19 heavy (non-hydrogen) atoms. The van der Waals surface area contributed by atoms with E-state index in [1.165, 1.54) is 11.8 Å². The van der Waals surface area contributed by atoms with Crippen molar-refractivity contribution >= 4 is 35.0 Å². The first-order chi connectivity index (χ1) is 9.10. The Hall–Kier alpha value is -1.01. The predicted molar refractivity (Wildman–Crippen MR) is 77.4 cm³/mol. The summed E-state index contributed by atoms with van der Waals surface area (Å²) >= 11 is 3.16. The van der Waals surface area contributed by atoms with Gasteiger partial charge in [0, 0.05) is 4.88 Å².